The van der Waals surface area contributed by atoms with Gasteiger partial charge in [0.1, 0.15) is 5.82 Å². The molecule has 0 aromatic carbocycles. The lowest BCUT2D eigenvalue weighted by atomic mass is 10.2. The molecule has 0 spiro atoms. The van der Waals surface area contributed by atoms with Gasteiger partial charge in [0.25, 0.3) is 0 Å². The highest BCUT2D eigenvalue weighted by Gasteiger charge is 2.08. The largest absolute Gasteiger partial charge is 0.314 e. The third-order valence-electron chi connectivity index (χ3n) is 2.76. The summed E-state index contributed by atoms with van der Waals surface area (Å²) in [6.45, 7) is 5.46. The van der Waals surface area contributed by atoms with Crippen molar-refractivity contribution < 1.29 is 4.39 Å². The molecule has 1 aliphatic rings. The second-order valence-corrected chi connectivity index (χ2v) is 4.01. The molecule has 0 unspecified atom stereocenters. The number of piperazine rings is 1. The Labute approximate surface area is 94.9 Å². The van der Waals surface area contributed by atoms with E-state index in [-0.39, 0.29) is 5.82 Å². The van der Waals surface area contributed by atoms with E-state index in [1.165, 1.54) is 12.4 Å². The maximum absolute atomic E-state index is 12.6. The van der Waals surface area contributed by atoms with Gasteiger partial charge >= 0.3 is 0 Å². The Morgan fingerprint density at radius 2 is 1.94 bits per heavy atom. The minimum absolute atomic E-state index is 0.370. The minimum atomic E-state index is -0.370. The van der Waals surface area contributed by atoms with Crippen molar-refractivity contribution in [1.82, 2.24) is 20.2 Å². The van der Waals surface area contributed by atoms with Crippen molar-refractivity contribution in [2.24, 2.45) is 0 Å². The summed E-state index contributed by atoms with van der Waals surface area (Å²) < 4.78 is 12.6. The molecule has 5 heteroatoms. The predicted octanol–water partition coefficient (Wildman–Crippen LogP) is 0.453. The van der Waals surface area contributed by atoms with Crippen LogP contribution in [0.5, 0.6) is 0 Å². The zero-order valence-electron chi connectivity index (χ0n) is 9.32. The van der Waals surface area contributed by atoms with Gasteiger partial charge in [-0.3, -0.25) is 0 Å². The first-order valence-corrected chi connectivity index (χ1v) is 5.74. The molecule has 1 N–H and O–H groups in total. The second-order valence-electron chi connectivity index (χ2n) is 4.01. The smallest absolute Gasteiger partial charge is 0.159 e. The molecule has 0 saturated carbocycles. The van der Waals surface area contributed by atoms with Crippen LogP contribution >= 0.6 is 0 Å². The summed E-state index contributed by atoms with van der Waals surface area (Å²) in [6.07, 6.45) is 4.32. The van der Waals surface area contributed by atoms with E-state index in [0.717, 1.165) is 51.4 Å². The van der Waals surface area contributed by atoms with Gasteiger partial charge < -0.3 is 10.2 Å². The number of aromatic nitrogens is 2. The molecule has 2 rings (SSSR count). The molecule has 0 amide bonds. The standard InChI is InChI=1S/C11H17FN4/c12-10-8-14-11(15-9-10)2-1-5-16-6-3-13-4-7-16/h8-9,13H,1-7H2. The van der Waals surface area contributed by atoms with E-state index in [4.69, 9.17) is 0 Å². The third kappa shape index (κ3) is 3.50. The van der Waals surface area contributed by atoms with Gasteiger partial charge in [-0.1, -0.05) is 0 Å². The van der Waals surface area contributed by atoms with Gasteiger partial charge in [0, 0.05) is 32.6 Å². The molecule has 0 atom stereocenters. The van der Waals surface area contributed by atoms with Gasteiger partial charge in [-0.2, -0.15) is 0 Å². The third-order valence-corrected chi connectivity index (χ3v) is 2.76. The first-order valence-electron chi connectivity index (χ1n) is 5.74. The molecule has 16 heavy (non-hydrogen) atoms. The monoisotopic (exact) mass is 224 g/mol. The van der Waals surface area contributed by atoms with Crippen molar-refractivity contribution in [3.05, 3.63) is 24.0 Å². The van der Waals surface area contributed by atoms with Crippen LogP contribution < -0.4 is 5.32 Å². The number of halogens is 1. The summed E-state index contributed by atoms with van der Waals surface area (Å²) in [6, 6.07) is 0. The van der Waals surface area contributed by atoms with Crippen LogP contribution in [0.15, 0.2) is 12.4 Å². The van der Waals surface area contributed by atoms with Gasteiger partial charge in [-0.15, -0.1) is 0 Å². The lowest BCUT2D eigenvalue weighted by Gasteiger charge is -2.26. The summed E-state index contributed by atoms with van der Waals surface area (Å²) in [5, 5.41) is 3.32. The first-order chi connectivity index (χ1) is 7.84. The number of aryl methyl sites for hydroxylation is 1. The molecular weight excluding hydrogens is 207 g/mol. The minimum Gasteiger partial charge on any atom is -0.314 e. The Bertz CT molecular complexity index is 308. The van der Waals surface area contributed by atoms with Gasteiger partial charge in [0.05, 0.1) is 12.4 Å². The van der Waals surface area contributed by atoms with E-state index in [2.05, 4.69) is 20.2 Å². The normalized spacial score (nSPS) is 17.6. The van der Waals surface area contributed by atoms with Crippen LogP contribution in [0.2, 0.25) is 0 Å². The summed E-state index contributed by atoms with van der Waals surface area (Å²) >= 11 is 0. The zero-order chi connectivity index (χ0) is 11.2. The Morgan fingerprint density at radius 1 is 1.25 bits per heavy atom. The van der Waals surface area contributed by atoms with E-state index < -0.39 is 0 Å². The first kappa shape index (κ1) is 11.4. The van der Waals surface area contributed by atoms with Crippen molar-refractivity contribution in [2.75, 3.05) is 32.7 Å². The summed E-state index contributed by atoms with van der Waals surface area (Å²) in [4.78, 5) is 10.3. The number of nitrogens with one attached hydrogen (secondary N) is 1. The zero-order valence-corrected chi connectivity index (χ0v) is 9.32. The van der Waals surface area contributed by atoms with E-state index in [1.807, 2.05) is 0 Å². The Morgan fingerprint density at radius 3 is 2.62 bits per heavy atom. The van der Waals surface area contributed by atoms with E-state index in [1.54, 1.807) is 0 Å². The fourth-order valence-electron chi connectivity index (χ4n) is 1.86. The number of hydrogen-bond acceptors (Lipinski definition) is 4. The lowest BCUT2D eigenvalue weighted by Crippen LogP contribution is -2.43. The van der Waals surface area contributed by atoms with Crippen LogP contribution in [0.4, 0.5) is 4.39 Å². The maximum atomic E-state index is 12.6. The fourth-order valence-corrected chi connectivity index (χ4v) is 1.86. The summed E-state index contributed by atoms with van der Waals surface area (Å²) in [5.74, 6) is 0.363. The van der Waals surface area contributed by atoms with Crippen LogP contribution in [-0.4, -0.2) is 47.6 Å². The number of rotatable bonds is 4. The Balaban J connectivity index is 1.69. The van der Waals surface area contributed by atoms with Crippen LogP contribution in [0.3, 0.4) is 0 Å². The van der Waals surface area contributed by atoms with Crippen molar-refractivity contribution in [3.63, 3.8) is 0 Å². The van der Waals surface area contributed by atoms with Gasteiger partial charge in [0.15, 0.2) is 5.82 Å². The average Bonchev–Trinajstić information content (AvgIpc) is 2.33. The molecule has 4 nitrogen and oxygen atoms in total. The van der Waals surface area contributed by atoms with Crippen molar-refractivity contribution in [2.45, 2.75) is 12.8 Å². The molecule has 1 aromatic rings. The molecule has 0 aliphatic carbocycles. The predicted molar refractivity (Wildman–Crippen MR) is 59.6 cm³/mol. The molecule has 88 valence electrons. The average molecular weight is 224 g/mol. The SMILES string of the molecule is Fc1cnc(CCCN2CCNCC2)nc1. The highest BCUT2D eigenvalue weighted by atomic mass is 19.1. The topological polar surface area (TPSA) is 41.1 Å². The van der Waals surface area contributed by atoms with Crippen molar-refractivity contribution in [1.29, 1.82) is 0 Å². The maximum Gasteiger partial charge on any atom is 0.159 e. The van der Waals surface area contributed by atoms with Crippen LogP contribution in [-0.2, 0) is 6.42 Å². The molecular formula is C11H17FN4. The Hall–Kier alpha value is -1.07. The van der Waals surface area contributed by atoms with E-state index >= 15 is 0 Å². The summed E-state index contributed by atoms with van der Waals surface area (Å²) in [7, 11) is 0. The van der Waals surface area contributed by atoms with Gasteiger partial charge in [-0.25, -0.2) is 14.4 Å². The molecule has 0 bridgehead atoms. The molecule has 0 radical (unpaired) electrons. The highest BCUT2D eigenvalue weighted by molar-refractivity contribution is 4.91. The van der Waals surface area contributed by atoms with E-state index in [9.17, 15) is 4.39 Å². The summed E-state index contributed by atoms with van der Waals surface area (Å²) in [5.41, 5.74) is 0. The number of nitrogens with zero attached hydrogens (tertiary/aromatic N) is 3. The fraction of sp³-hybridized carbons (Fsp3) is 0.636. The van der Waals surface area contributed by atoms with E-state index in [0.29, 0.717) is 0 Å². The quantitative estimate of drug-likeness (QED) is 0.806. The Kier molecular flexibility index (Phi) is 4.18. The van der Waals surface area contributed by atoms with Gasteiger partial charge in [-0.05, 0) is 13.0 Å². The molecule has 1 saturated heterocycles. The molecule has 1 fully saturated rings. The molecule has 1 aromatic heterocycles. The van der Waals surface area contributed by atoms with Crippen molar-refractivity contribution >= 4 is 0 Å². The number of hydrogen-bond donors (Lipinski definition) is 1. The van der Waals surface area contributed by atoms with Crippen LogP contribution in [0.1, 0.15) is 12.2 Å². The molecule has 1 aliphatic heterocycles. The van der Waals surface area contributed by atoms with Crippen LogP contribution in [0, 0.1) is 5.82 Å². The van der Waals surface area contributed by atoms with Crippen molar-refractivity contribution in [3.8, 4) is 0 Å². The molecule has 2 heterocycles. The second kappa shape index (κ2) is 5.86. The van der Waals surface area contributed by atoms with Crippen LogP contribution in [0.25, 0.3) is 0 Å². The lowest BCUT2D eigenvalue weighted by molar-refractivity contribution is 0.238. The van der Waals surface area contributed by atoms with Gasteiger partial charge in [0.2, 0.25) is 0 Å². The highest BCUT2D eigenvalue weighted by Crippen LogP contribution is 2.00.